The fraction of sp³-hybridized carbons (Fsp3) is 0.240. The topological polar surface area (TPSA) is 52.0 Å². The first-order chi connectivity index (χ1) is 14.4. The number of nitrogens with zero attached hydrogens (tertiary/aromatic N) is 2. The highest BCUT2D eigenvalue weighted by atomic mass is 32.1. The van der Waals surface area contributed by atoms with E-state index in [0.717, 1.165) is 38.4 Å². The molecule has 0 aliphatic carbocycles. The Bertz CT molecular complexity index is 1330. The molecule has 0 aliphatic rings. The maximum absolute atomic E-state index is 13.4. The SMILES string of the molecule is CCc1cc2c(=O)n(CC(=O)c3ccc(C)c(C)c3)c(-c3cccc(C)c3)nc2s1. The predicted octanol–water partition coefficient (Wildman–Crippen LogP) is 5.50. The molecule has 0 saturated heterocycles. The number of carbonyl (C=O) groups is 1. The van der Waals surface area contributed by atoms with Crippen LogP contribution in [0.2, 0.25) is 0 Å². The molecule has 0 radical (unpaired) electrons. The van der Waals surface area contributed by atoms with Crippen LogP contribution in [0.3, 0.4) is 0 Å². The number of aryl methyl sites for hydroxylation is 4. The number of ketones is 1. The van der Waals surface area contributed by atoms with E-state index in [4.69, 9.17) is 4.98 Å². The summed E-state index contributed by atoms with van der Waals surface area (Å²) < 4.78 is 1.53. The minimum atomic E-state index is -0.162. The lowest BCUT2D eigenvalue weighted by Gasteiger charge is -2.13. The van der Waals surface area contributed by atoms with Crippen molar-refractivity contribution >= 4 is 27.3 Å². The Morgan fingerprint density at radius 2 is 1.83 bits per heavy atom. The maximum atomic E-state index is 13.4. The molecule has 2 aromatic carbocycles. The monoisotopic (exact) mass is 416 g/mol. The third-order valence-electron chi connectivity index (χ3n) is 5.46. The lowest BCUT2D eigenvalue weighted by molar-refractivity contribution is 0.0971. The Labute approximate surface area is 179 Å². The van der Waals surface area contributed by atoms with Crippen molar-refractivity contribution in [1.82, 2.24) is 9.55 Å². The molecule has 4 aromatic rings. The summed E-state index contributed by atoms with van der Waals surface area (Å²) in [6, 6.07) is 15.5. The number of benzene rings is 2. The summed E-state index contributed by atoms with van der Waals surface area (Å²) in [4.78, 5) is 33.2. The van der Waals surface area contributed by atoms with Crippen LogP contribution in [-0.4, -0.2) is 15.3 Å². The van der Waals surface area contributed by atoms with Crippen LogP contribution < -0.4 is 5.56 Å². The molecule has 0 N–H and O–H groups in total. The van der Waals surface area contributed by atoms with Gasteiger partial charge in [-0.1, -0.05) is 42.8 Å². The second-order valence-electron chi connectivity index (χ2n) is 7.70. The Morgan fingerprint density at radius 1 is 1.03 bits per heavy atom. The van der Waals surface area contributed by atoms with E-state index in [1.807, 2.05) is 69.3 Å². The summed E-state index contributed by atoms with van der Waals surface area (Å²) in [6.07, 6.45) is 0.849. The van der Waals surface area contributed by atoms with Gasteiger partial charge < -0.3 is 0 Å². The van der Waals surface area contributed by atoms with Crippen LogP contribution in [0.15, 0.2) is 53.3 Å². The molecule has 0 unspecified atom stereocenters. The zero-order valence-electron chi connectivity index (χ0n) is 17.7. The quantitative estimate of drug-likeness (QED) is 0.404. The third kappa shape index (κ3) is 3.73. The van der Waals surface area contributed by atoms with Crippen LogP contribution >= 0.6 is 11.3 Å². The van der Waals surface area contributed by atoms with Gasteiger partial charge in [-0.3, -0.25) is 14.2 Å². The van der Waals surface area contributed by atoms with Gasteiger partial charge in [-0.2, -0.15) is 0 Å². The molecule has 0 saturated carbocycles. The lowest BCUT2D eigenvalue weighted by atomic mass is 10.0. The van der Waals surface area contributed by atoms with Gasteiger partial charge in [-0.05, 0) is 56.5 Å². The zero-order chi connectivity index (χ0) is 21.4. The fourth-order valence-electron chi connectivity index (χ4n) is 3.54. The summed E-state index contributed by atoms with van der Waals surface area (Å²) in [5, 5.41) is 0.584. The van der Waals surface area contributed by atoms with Crippen molar-refractivity contribution in [2.75, 3.05) is 0 Å². The summed E-state index contributed by atoms with van der Waals surface area (Å²) in [5.74, 6) is 0.444. The van der Waals surface area contributed by atoms with Gasteiger partial charge in [0.15, 0.2) is 5.78 Å². The van der Waals surface area contributed by atoms with Crippen LogP contribution in [-0.2, 0) is 13.0 Å². The number of rotatable bonds is 5. The minimum Gasteiger partial charge on any atom is -0.292 e. The number of Topliss-reactive ketones (excluding diaryl/α,β-unsaturated/α-hetero) is 1. The maximum Gasteiger partial charge on any atom is 0.262 e. The number of hydrogen-bond donors (Lipinski definition) is 0. The molecule has 152 valence electrons. The highest BCUT2D eigenvalue weighted by Gasteiger charge is 2.18. The first kappa shape index (κ1) is 20.2. The highest BCUT2D eigenvalue weighted by Crippen LogP contribution is 2.26. The van der Waals surface area contributed by atoms with E-state index < -0.39 is 0 Å². The van der Waals surface area contributed by atoms with Crippen LogP contribution in [0, 0.1) is 20.8 Å². The molecule has 2 aromatic heterocycles. The minimum absolute atomic E-state index is 0.0369. The molecule has 0 spiro atoms. The van der Waals surface area contributed by atoms with Gasteiger partial charge in [-0.15, -0.1) is 11.3 Å². The molecular weight excluding hydrogens is 392 g/mol. The number of hydrogen-bond acceptors (Lipinski definition) is 4. The second kappa shape index (κ2) is 8.00. The van der Waals surface area contributed by atoms with E-state index in [9.17, 15) is 9.59 Å². The van der Waals surface area contributed by atoms with Gasteiger partial charge in [0.1, 0.15) is 10.7 Å². The standard InChI is InChI=1S/C25H24N2O2S/c1-5-20-13-21-24(30-20)26-23(19-8-6-7-15(2)11-19)27(25(21)29)14-22(28)18-10-9-16(3)17(4)12-18/h6-13H,5,14H2,1-4H3. The molecule has 30 heavy (non-hydrogen) atoms. The van der Waals surface area contributed by atoms with Gasteiger partial charge in [0.25, 0.3) is 5.56 Å². The van der Waals surface area contributed by atoms with Crippen LogP contribution in [0.5, 0.6) is 0 Å². The van der Waals surface area contributed by atoms with Crippen LogP contribution in [0.25, 0.3) is 21.6 Å². The molecule has 4 rings (SSSR count). The number of aromatic nitrogens is 2. The van der Waals surface area contributed by atoms with Gasteiger partial charge in [-0.25, -0.2) is 4.98 Å². The predicted molar refractivity (Wildman–Crippen MR) is 124 cm³/mol. The Morgan fingerprint density at radius 3 is 2.53 bits per heavy atom. The summed E-state index contributed by atoms with van der Waals surface area (Å²) in [6.45, 7) is 8.04. The van der Waals surface area contributed by atoms with Gasteiger partial charge >= 0.3 is 0 Å². The average molecular weight is 417 g/mol. The van der Waals surface area contributed by atoms with Gasteiger partial charge in [0.2, 0.25) is 0 Å². The third-order valence-corrected chi connectivity index (χ3v) is 6.63. The van der Waals surface area contributed by atoms with Crippen molar-refractivity contribution in [3.05, 3.63) is 86.0 Å². The molecule has 0 atom stereocenters. The Kier molecular flexibility index (Phi) is 5.39. The van der Waals surface area contributed by atoms with Crippen molar-refractivity contribution in [2.45, 2.75) is 40.7 Å². The average Bonchev–Trinajstić information content (AvgIpc) is 3.15. The first-order valence-corrected chi connectivity index (χ1v) is 10.9. The van der Waals surface area contributed by atoms with E-state index in [1.165, 1.54) is 4.57 Å². The van der Waals surface area contributed by atoms with Crippen molar-refractivity contribution in [2.24, 2.45) is 0 Å². The van der Waals surface area contributed by atoms with Crippen molar-refractivity contribution in [3.8, 4) is 11.4 Å². The van der Waals surface area contributed by atoms with E-state index >= 15 is 0 Å². The summed E-state index contributed by atoms with van der Waals surface area (Å²) >= 11 is 1.54. The zero-order valence-corrected chi connectivity index (χ0v) is 18.5. The molecule has 0 aliphatic heterocycles. The second-order valence-corrected chi connectivity index (χ2v) is 8.82. The van der Waals surface area contributed by atoms with Crippen molar-refractivity contribution in [1.29, 1.82) is 0 Å². The molecule has 0 bridgehead atoms. The molecular formula is C25H24N2O2S. The molecule has 5 heteroatoms. The molecule has 0 amide bonds. The van der Waals surface area contributed by atoms with Gasteiger partial charge in [0, 0.05) is 16.0 Å². The number of fused-ring (bicyclic) bond motifs is 1. The lowest BCUT2D eigenvalue weighted by Crippen LogP contribution is -2.27. The van der Waals surface area contributed by atoms with E-state index in [1.54, 1.807) is 11.3 Å². The van der Waals surface area contributed by atoms with E-state index in [2.05, 4.69) is 6.92 Å². The Balaban J connectivity index is 1.88. The van der Waals surface area contributed by atoms with E-state index in [0.29, 0.717) is 16.8 Å². The van der Waals surface area contributed by atoms with Crippen molar-refractivity contribution in [3.63, 3.8) is 0 Å². The smallest absolute Gasteiger partial charge is 0.262 e. The largest absolute Gasteiger partial charge is 0.292 e. The normalized spacial score (nSPS) is 11.2. The van der Waals surface area contributed by atoms with Crippen LogP contribution in [0.1, 0.15) is 38.8 Å². The number of carbonyl (C=O) groups excluding carboxylic acids is 1. The molecule has 0 fully saturated rings. The highest BCUT2D eigenvalue weighted by molar-refractivity contribution is 7.18. The molecule has 2 heterocycles. The summed E-state index contributed by atoms with van der Waals surface area (Å²) in [5.41, 5.74) is 4.57. The van der Waals surface area contributed by atoms with Crippen molar-refractivity contribution < 1.29 is 4.79 Å². The van der Waals surface area contributed by atoms with Gasteiger partial charge in [0.05, 0.1) is 11.9 Å². The number of thiophene rings is 1. The van der Waals surface area contributed by atoms with E-state index in [-0.39, 0.29) is 17.9 Å². The van der Waals surface area contributed by atoms with Crippen LogP contribution in [0.4, 0.5) is 0 Å². The fourth-order valence-corrected chi connectivity index (χ4v) is 4.50. The summed E-state index contributed by atoms with van der Waals surface area (Å²) in [7, 11) is 0. The first-order valence-electron chi connectivity index (χ1n) is 10.1. The molecule has 4 nitrogen and oxygen atoms in total. The Hall–Kier alpha value is -3.05.